The van der Waals surface area contributed by atoms with Crippen molar-refractivity contribution >= 4 is 11.8 Å². The quantitative estimate of drug-likeness (QED) is 0.834. The van der Waals surface area contributed by atoms with Crippen molar-refractivity contribution in [2.24, 2.45) is 0 Å². The van der Waals surface area contributed by atoms with E-state index >= 15 is 0 Å². The molecule has 1 saturated carbocycles. The molecule has 0 radical (unpaired) electrons. The van der Waals surface area contributed by atoms with Crippen LogP contribution in [0.15, 0.2) is 22.8 Å². The molecule has 0 saturated heterocycles. The fourth-order valence-corrected chi connectivity index (χ4v) is 2.59. The summed E-state index contributed by atoms with van der Waals surface area (Å²) in [4.78, 5) is 25.2. The molecule has 2 rings (SSSR count). The summed E-state index contributed by atoms with van der Waals surface area (Å²) in [6, 6.07) is 3.18. The first-order chi connectivity index (χ1) is 9.56. The van der Waals surface area contributed by atoms with Crippen molar-refractivity contribution in [2.75, 3.05) is 20.2 Å². The van der Waals surface area contributed by atoms with Crippen LogP contribution in [0, 0.1) is 0 Å². The number of hydrogen-bond donors (Lipinski definition) is 2. The van der Waals surface area contributed by atoms with Gasteiger partial charge < -0.3 is 19.7 Å². The Morgan fingerprint density at radius 2 is 2.15 bits per heavy atom. The van der Waals surface area contributed by atoms with Crippen LogP contribution >= 0.6 is 0 Å². The molecule has 1 aliphatic rings. The standard InChI is InChI=1S/C14H20N2O4/c1-16(13(19)11-5-4-8-20-11)9-12(18)15-14(10-17)6-2-3-7-14/h4-5,8,17H,2-3,6-7,9-10H2,1H3,(H,15,18). The van der Waals surface area contributed by atoms with Gasteiger partial charge in [0.2, 0.25) is 5.91 Å². The molecule has 0 bridgehead atoms. The normalized spacial score (nSPS) is 16.9. The van der Waals surface area contributed by atoms with E-state index in [0.29, 0.717) is 0 Å². The fourth-order valence-electron chi connectivity index (χ4n) is 2.59. The van der Waals surface area contributed by atoms with Gasteiger partial charge in [0.15, 0.2) is 5.76 Å². The van der Waals surface area contributed by atoms with Crippen molar-refractivity contribution in [1.82, 2.24) is 10.2 Å². The molecule has 1 heterocycles. The topological polar surface area (TPSA) is 82.8 Å². The largest absolute Gasteiger partial charge is 0.459 e. The Morgan fingerprint density at radius 3 is 2.70 bits per heavy atom. The number of carbonyl (C=O) groups excluding carboxylic acids is 2. The van der Waals surface area contributed by atoms with E-state index < -0.39 is 5.54 Å². The number of hydrogen-bond acceptors (Lipinski definition) is 4. The molecular formula is C14H20N2O4. The van der Waals surface area contributed by atoms with Gasteiger partial charge in [0.25, 0.3) is 5.91 Å². The van der Waals surface area contributed by atoms with E-state index in [0.717, 1.165) is 25.7 Å². The summed E-state index contributed by atoms with van der Waals surface area (Å²) in [5.74, 6) is -0.393. The van der Waals surface area contributed by atoms with Gasteiger partial charge in [-0.05, 0) is 25.0 Å². The van der Waals surface area contributed by atoms with Gasteiger partial charge in [-0.15, -0.1) is 0 Å². The monoisotopic (exact) mass is 280 g/mol. The van der Waals surface area contributed by atoms with Crippen molar-refractivity contribution in [3.63, 3.8) is 0 Å². The molecule has 0 spiro atoms. The number of amides is 2. The smallest absolute Gasteiger partial charge is 0.289 e. The van der Waals surface area contributed by atoms with Crippen LogP contribution in [0.25, 0.3) is 0 Å². The van der Waals surface area contributed by atoms with E-state index in [1.807, 2.05) is 0 Å². The molecule has 2 N–H and O–H groups in total. The van der Waals surface area contributed by atoms with Gasteiger partial charge in [0.1, 0.15) is 0 Å². The number of carbonyl (C=O) groups is 2. The maximum atomic E-state index is 12.0. The Kier molecular flexibility index (Phi) is 4.44. The highest BCUT2D eigenvalue weighted by Crippen LogP contribution is 2.28. The van der Waals surface area contributed by atoms with Crippen LogP contribution in [-0.2, 0) is 4.79 Å². The van der Waals surface area contributed by atoms with Crippen LogP contribution in [0.2, 0.25) is 0 Å². The summed E-state index contributed by atoms with van der Waals surface area (Å²) < 4.78 is 5.01. The minimum absolute atomic E-state index is 0.0543. The Morgan fingerprint density at radius 1 is 1.45 bits per heavy atom. The van der Waals surface area contributed by atoms with E-state index in [4.69, 9.17) is 4.42 Å². The van der Waals surface area contributed by atoms with Gasteiger partial charge in [0.05, 0.1) is 25.0 Å². The highest BCUT2D eigenvalue weighted by atomic mass is 16.3. The molecule has 1 aromatic heterocycles. The van der Waals surface area contributed by atoms with Crippen molar-refractivity contribution in [3.05, 3.63) is 24.2 Å². The third-order valence-corrected chi connectivity index (χ3v) is 3.73. The fraction of sp³-hybridized carbons (Fsp3) is 0.571. The van der Waals surface area contributed by atoms with Crippen LogP contribution in [0.5, 0.6) is 0 Å². The molecule has 6 heteroatoms. The average molecular weight is 280 g/mol. The highest BCUT2D eigenvalue weighted by Gasteiger charge is 2.34. The van der Waals surface area contributed by atoms with Gasteiger partial charge >= 0.3 is 0 Å². The lowest BCUT2D eigenvalue weighted by Gasteiger charge is -2.29. The summed E-state index contributed by atoms with van der Waals surface area (Å²) >= 11 is 0. The number of aliphatic hydroxyl groups excluding tert-OH is 1. The van der Waals surface area contributed by atoms with Gasteiger partial charge in [-0.2, -0.15) is 0 Å². The van der Waals surface area contributed by atoms with Crippen molar-refractivity contribution < 1.29 is 19.1 Å². The maximum absolute atomic E-state index is 12.0. The molecule has 6 nitrogen and oxygen atoms in total. The molecule has 20 heavy (non-hydrogen) atoms. The summed E-state index contributed by atoms with van der Waals surface area (Å²) in [5.41, 5.74) is -0.508. The zero-order valence-electron chi connectivity index (χ0n) is 11.6. The van der Waals surface area contributed by atoms with Crippen molar-refractivity contribution in [3.8, 4) is 0 Å². The van der Waals surface area contributed by atoms with Crippen LogP contribution in [0.3, 0.4) is 0 Å². The SMILES string of the molecule is CN(CC(=O)NC1(CO)CCCC1)C(=O)c1ccco1. The molecule has 0 unspecified atom stereocenters. The van der Waals surface area contributed by atoms with Crippen molar-refractivity contribution in [2.45, 2.75) is 31.2 Å². The minimum atomic E-state index is -0.508. The Labute approximate surface area is 117 Å². The van der Waals surface area contributed by atoms with E-state index in [9.17, 15) is 14.7 Å². The van der Waals surface area contributed by atoms with Crippen LogP contribution in [0.1, 0.15) is 36.2 Å². The first-order valence-corrected chi connectivity index (χ1v) is 6.77. The summed E-state index contributed by atoms with van der Waals surface area (Å²) in [7, 11) is 1.55. The van der Waals surface area contributed by atoms with E-state index in [1.54, 1.807) is 19.2 Å². The predicted molar refractivity (Wildman–Crippen MR) is 72.1 cm³/mol. The number of rotatable bonds is 5. The molecule has 2 amide bonds. The predicted octanol–water partition coefficient (Wildman–Crippen LogP) is 0.773. The number of aliphatic hydroxyl groups is 1. The average Bonchev–Trinajstić information content (AvgIpc) is 3.09. The van der Waals surface area contributed by atoms with Crippen LogP contribution in [-0.4, -0.2) is 47.6 Å². The van der Waals surface area contributed by atoms with E-state index in [1.165, 1.54) is 11.2 Å². The van der Waals surface area contributed by atoms with E-state index in [2.05, 4.69) is 5.32 Å². The van der Waals surface area contributed by atoms with Gasteiger partial charge in [-0.3, -0.25) is 9.59 Å². The molecule has 1 fully saturated rings. The van der Waals surface area contributed by atoms with Gasteiger partial charge in [0, 0.05) is 7.05 Å². The first kappa shape index (κ1) is 14.6. The maximum Gasteiger partial charge on any atom is 0.289 e. The number of nitrogens with one attached hydrogen (secondary N) is 1. The highest BCUT2D eigenvalue weighted by molar-refractivity contribution is 5.94. The minimum Gasteiger partial charge on any atom is -0.459 e. The van der Waals surface area contributed by atoms with Crippen LogP contribution in [0.4, 0.5) is 0 Å². The first-order valence-electron chi connectivity index (χ1n) is 6.77. The number of likely N-dealkylation sites (N-methyl/N-ethyl adjacent to an activating group) is 1. The van der Waals surface area contributed by atoms with Gasteiger partial charge in [-0.1, -0.05) is 12.8 Å². The number of nitrogens with zero attached hydrogens (tertiary/aromatic N) is 1. The van der Waals surface area contributed by atoms with Crippen LogP contribution < -0.4 is 5.32 Å². The molecule has 110 valence electrons. The van der Waals surface area contributed by atoms with Crippen molar-refractivity contribution in [1.29, 1.82) is 0 Å². The third-order valence-electron chi connectivity index (χ3n) is 3.73. The third kappa shape index (κ3) is 3.19. The molecule has 1 aliphatic carbocycles. The zero-order valence-corrected chi connectivity index (χ0v) is 11.6. The van der Waals surface area contributed by atoms with Gasteiger partial charge in [-0.25, -0.2) is 0 Å². The Hall–Kier alpha value is -1.82. The zero-order chi connectivity index (χ0) is 14.6. The molecule has 0 aromatic carbocycles. The summed E-state index contributed by atoms with van der Waals surface area (Å²) in [6.45, 7) is -0.115. The number of furan rings is 1. The second-order valence-corrected chi connectivity index (χ2v) is 5.33. The molecule has 1 aromatic rings. The lowest BCUT2D eigenvalue weighted by Crippen LogP contribution is -2.52. The second-order valence-electron chi connectivity index (χ2n) is 5.33. The Bertz CT molecular complexity index is 464. The van der Waals surface area contributed by atoms with E-state index in [-0.39, 0.29) is 30.7 Å². The molecule has 0 aliphatic heterocycles. The molecular weight excluding hydrogens is 260 g/mol. The summed E-state index contributed by atoms with van der Waals surface area (Å²) in [5, 5.41) is 12.3. The molecule has 0 atom stereocenters. The second kappa shape index (κ2) is 6.09. The lowest BCUT2D eigenvalue weighted by atomic mass is 9.99. The lowest BCUT2D eigenvalue weighted by molar-refractivity contribution is -0.124. The summed E-state index contributed by atoms with van der Waals surface area (Å²) in [6.07, 6.45) is 4.99. The Balaban J connectivity index is 1.89.